The standard InChI is InChI=1S/C23H28ClNO2/c1-22(2,18-8-4-3-5-9-18)16-21(26)25-17-23(12-14-27-15-13-23)19-10-6-7-11-20(19)24/h3-11H,12-17H2,1-2H3,(H,25,26). The summed E-state index contributed by atoms with van der Waals surface area (Å²) in [5.41, 5.74) is 1.91. The van der Waals surface area contributed by atoms with Gasteiger partial charge < -0.3 is 10.1 Å². The summed E-state index contributed by atoms with van der Waals surface area (Å²) in [6.45, 7) is 6.19. The van der Waals surface area contributed by atoms with Gasteiger partial charge in [-0.05, 0) is 35.4 Å². The summed E-state index contributed by atoms with van der Waals surface area (Å²) < 4.78 is 5.58. The SMILES string of the molecule is CC(C)(CC(=O)NCC1(c2ccccc2Cl)CCOCC1)c1ccccc1. The van der Waals surface area contributed by atoms with E-state index in [1.165, 1.54) is 5.56 Å². The molecule has 1 saturated heterocycles. The highest BCUT2D eigenvalue weighted by Crippen LogP contribution is 2.38. The number of rotatable bonds is 6. The number of ether oxygens (including phenoxy) is 1. The van der Waals surface area contributed by atoms with Gasteiger partial charge in [0.25, 0.3) is 0 Å². The topological polar surface area (TPSA) is 38.3 Å². The predicted molar refractivity (Wildman–Crippen MR) is 110 cm³/mol. The molecule has 0 atom stereocenters. The Bertz CT molecular complexity index is 767. The molecule has 0 spiro atoms. The van der Waals surface area contributed by atoms with E-state index >= 15 is 0 Å². The molecule has 4 heteroatoms. The Hall–Kier alpha value is -1.84. The van der Waals surface area contributed by atoms with E-state index in [2.05, 4.69) is 37.4 Å². The second-order valence-corrected chi connectivity index (χ2v) is 8.48. The number of nitrogens with one attached hydrogen (secondary N) is 1. The van der Waals surface area contributed by atoms with Gasteiger partial charge in [-0.1, -0.05) is 74.0 Å². The molecule has 2 aromatic rings. The normalized spacial score (nSPS) is 16.7. The quantitative estimate of drug-likeness (QED) is 0.770. The Balaban J connectivity index is 1.71. The average molecular weight is 386 g/mol. The van der Waals surface area contributed by atoms with Gasteiger partial charge in [0.05, 0.1) is 0 Å². The Labute approximate surface area is 167 Å². The van der Waals surface area contributed by atoms with Crippen LogP contribution in [0.4, 0.5) is 0 Å². The third-order valence-corrected chi connectivity index (χ3v) is 6.01. The van der Waals surface area contributed by atoms with E-state index in [0.717, 1.165) is 23.4 Å². The summed E-state index contributed by atoms with van der Waals surface area (Å²) in [4.78, 5) is 12.8. The fraction of sp³-hybridized carbons (Fsp3) is 0.435. The lowest BCUT2D eigenvalue weighted by atomic mass is 9.74. The molecular formula is C23H28ClNO2. The molecule has 0 radical (unpaired) electrons. The van der Waals surface area contributed by atoms with Crippen molar-refractivity contribution in [2.75, 3.05) is 19.8 Å². The van der Waals surface area contributed by atoms with Gasteiger partial charge in [-0.25, -0.2) is 0 Å². The first-order chi connectivity index (χ1) is 12.9. The first-order valence-electron chi connectivity index (χ1n) is 9.58. The maximum absolute atomic E-state index is 12.8. The molecule has 144 valence electrons. The third kappa shape index (κ3) is 4.72. The van der Waals surface area contributed by atoms with Gasteiger partial charge >= 0.3 is 0 Å². The highest BCUT2D eigenvalue weighted by atomic mass is 35.5. The zero-order valence-corrected chi connectivity index (χ0v) is 16.9. The van der Waals surface area contributed by atoms with Gasteiger partial charge in [0.15, 0.2) is 0 Å². The van der Waals surface area contributed by atoms with Crippen LogP contribution in [0, 0.1) is 0 Å². The second kappa shape index (κ2) is 8.45. The van der Waals surface area contributed by atoms with Crippen LogP contribution in [-0.2, 0) is 20.4 Å². The zero-order valence-electron chi connectivity index (χ0n) is 16.1. The fourth-order valence-electron chi connectivity index (χ4n) is 3.92. The molecule has 1 heterocycles. The van der Waals surface area contributed by atoms with Crippen molar-refractivity contribution >= 4 is 17.5 Å². The summed E-state index contributed by atoms with van der Waals surface area (Å²) in [5, 5.41) is 3.95. The van der Waals surface area contributed by atoms with E-state index in [0.29, 0.717) is 26.2 Å². The number of hydrogen-bond acceptors (Lipinski definition) is 2. The molecule has 0 aromatic heterocycles. The predicted octanol–water partition coefficient (Wildman–Crippen LogP) is 4.87. The van der Waals surface area contributed by atoms with E-state index in [1.807, 2.05) is 36.4 Å². The molecule has 1 N–H and O–H groups in total. The van der Waals surface area contributed by atoms with Gasteiger partial charge in [-0.3, -0.25) is 4.79 Å². The molecule has 0 unspecified atom stereocenters. The number of halogens is 1. The number of carbonyl (C=O) groups is 1. The zero-order chi connectivity index (χ0) is 19.3. The number of benzene rings is 2. The van der Waals surface area contributed by atoms with Crippen LogP contribution in [0.2, 0.25) is 5.02 Å². The smallest absolute Gasteiger partial charge is 0.220 e. The van der Waals surface area contributed by atoms with E-state index in [1.54, 1.807) is 0 Å². The maximum atomic E-state index is 12.8. The molecule has 1 amide bonds. The van der Waals surface area contributed by atoms with Gasteiger partial charge in [-0.2, -0.15) is 0 Å². The van der Waals surface area contributed by atoms with Crippen molar-refractivity contribution in [3.63, 3.8) is 0 Å². The van der Waals surface area contributed by atoms with Crippen LogP contribution in [0.3, 0.4) is 0 Å². The molecule has 1 aliphatic rings. The monoisotopic (exact) mass is 385 g/mol. The maximum Gasteiger partial charge on any atom is 0.220 e. The molecule has 0 aliphatic carbocycles. The van der Waals surface area contributed by atoms with Gasteiger partial charge in [0.2, 0.25) is 5.91 Å². The Morgan fingerprint density at radius 3 is 2.37 bits per heavy atom. The average Bonchev–Trinajstić information content (AvgIpc) is 2.68. The molecule has 1 fully saturated rings. The van der Waals surface area contributed by atoms with Crippen LogP contribution >= 0.6 is 11.6 Å². The molecule has 3 nitrogen and oxygen atoms in total. The number of carbonyl (C=O) groups excluding carboxylic acids is 1. The Morgan fingerprint density at radius 2 is 1.70 bits per heavy atom. The minimum Gasteiger partial charge on any atom is -0.381 e. The van der Waals surface area contributed by atoms with Crippen molar-refractivity contribution in [1.82, 2.24) is 5.32 Å². The molecule has 0 saturated carbocycles. The first kappa shape index (κ1) is 19.9. The fourth-order valence-corrected chi connectivity index (χ4v) is 4.25. The van der Waals surface area contributed by atoms with Crippen molar-refractivity contribution in [2.24, 2.45) is 0 Å². The minimum atomic E-state index is -0.210. The van der Waals surface area contributed by atoms with Crippen LogP contribution in [0.5, 0.6) is 0 Å². The summed E-state index contributed by atoms with van der Waals surface area (Å²) in [5.74, 6) is 0.0711. The van der Waals surface area contributed by atoms with Gasteiger partial charge in [0.1, 0.15) is 0 Å². The van der Waals surface area contributed by atoms with Crippen LogP contribution in [-0.4, -0.2) is 25.7 Å². The van der Waals surface area contributed by atoms with Crippen LogP contribution in [0.1, 0.15) is 44.2 Å². The van der Waals surface area contributed by atoms with E-state index in [4.69, 9.17) is 16.3 Å². The van der Waals surface area contributed by atoms with Crippen LogP contribution in [0.15, 0.2) is 54.6 Å². The molecule has 0 bridgehead atoms. The summed E-state index contributed by atoms with van der Waals surface area (Å²) in [7, 11) is 0. The molecular weight excluding hydrogens is 358 g/mol. The Morgan fingerprint density at radius 1 is 1.07 bits per heavy atom. The lowest BCUT2D eigenvalue weighted by Crippen LogP contribution is -2.45. The Kier molecular flexibility index (Phi) is 6.23. The number of amides is 1. The first-order valence-corrected chi connectivity index (χ1v) is 9.96. The van der Waals surface area contributed by atoms with Crippen LogP contribution in [0.25, 0.3) is 0 Å². The largest absolute Gasteiger partial charge is 0.381 e. The van der Waals surface area contributed by atoms with Crippen molar-refractivity contribution in [3.05, 3.63) is 70.7 Å². The highest BCUT2D eigenvalue weighted by molar-refractivity contribution is 6.31. The minimum absolute atomic E-state index is 0.0711. The van der Waals surface area contributed by atoms with E-state index < -0.39 is 0 Å². The van der Waals surface area contributed by atoms with Crippen molar-refractivity contribution < 1.29 is 9.53 Å². The summed E-state index contributed by atoms with van der Waals surface area (Å²) >= 11 is 6.50. The molecule has 1 aliphatic heterocycles. The van der Waals surface area contributed by atoms with Crippen LogP contribution < -0.4 is 5.32 Å². The molecule has 27 heavy (non-hydrogen) atoms. The molecule has 2 aromatic carbocycles. The van der Waals surface area contributed by atoms with E-state index in [-0.39, 0.29) is 16.7 Å². The second-order valence-electron chi connectivity index (χ2n) is 8.08. The summed E-state index contributed by atoms with van der Waals surface area (Å²) in [6, 6.07) is 18.2. The lowest BCUT2D eigenvalue weighted by Gasteiger charge is -2.38. The van der Waals surface area contributed by atoms with Gasteiger partial charge in [-0.15, -0.1) is 0 Å². The van der Waals surface area contributed by atoms with Crippen molar-refractivity contribution in [3.8, 4) is 0 Å². The van der Waals surface area contributed by atoms with Crippen molar-refractivity contribution in [2.45, 2.75) is 43.9 Å². The number of hydrogen-bond donors (Lipinski definition) is 1. The molecule has 3 rings (SSSR count). The summed E-state index contributed by atoms with van der Waals surface area (Å²) in [6.07, 6.45) is 2.17. The third-order valence-electron chi connectivity index (χ3n) is 5.68. The highest BCUT2D eigenvalue weighted by Gasteiger charge is 2.36. The lowest BCUT2D eigenvalue weighted by molar-refractivity contribution is -0.122. The van der Waals surface area contributed by atoms with Gasteiger partial charge in [0, 0.05) is 36.6 Å². The van der Waals surface area contributed by atoms with E-state index in [9.17, 15) is 4.79 Å². The van der Waals surface area contributed by atoms with Crippen molar-refractivity contribution in [1.29, 1.82) is 0 Å².